The molecule has 0 spiro atoms. The fourth-order valence-electron chi connectivity index (χ4n) is 2.32. The van der Waals surface area contributed by atoms with E-state index in [1.54, 1.807) is 0 Å². The minimum atomic E-state index is 0.953. The van der Waals surface area contributed by atoms with Crippen LogP contribution in [0.2, 0.25) is 0 Å². The predicted octanol–water partition coefficient (Wildman–Crippen LogP) is 3.99. The summed E-state index contributed by atoms with van der Waals surface area (Å²) in [6.45, 7) is 1.07. The van der Waals surface area contributed by atoms with Gasteiger partial charge in [0.15, 0.2) is 0 Å². The molecular formula is C13H15BrN2. The molecule has 2 nitrogen and oxygen atoms in total. The smallest absolute Gasteiger partial charge is 0.0683 e. The Hall–Kier alpha value is -0.830. The average Bonchev–Trinajstić information content (AvgIpc) is 2.58. The van der Waals surface area contributed by atoms with Crippen LogP contribution >= 0.6 is 15.9 Å². The molecule has 3 rings (SSSR count). The van der Waals surface area contributed by atoms with E-state index in [4.69, 9.17) is 0 Å². The normalized spacial score (nSPS) is 16.6. The van der Waals surface area contributed by atoms with Crippen LogP contribution in [-0.4, -0.2) is 9.78 Å². The maximum absolute atomic E-state index is 4.46. The Morgan fingerprint density at radius 2 is 2.25 bits per heavy atom. The van der Waals surface area contributed by atoms with Crippen LogP contribution in [-0.2, 0) is 6.54 Å². The molecule has 0 saturated heterocycles. The van der Waals surface area contributed by atoms with E-state index in [-0.39, 0.29) is 0 Å². The Balaban J connectivity index is 1.80. The molecule has 16 heavy (non-hydrogen) atoms. The van der Waals surface area contributed by atoms with Crippen molar-refractivity contribution in [2.75, 3.05) is 0 Å². The molecule has 0 N–H and O–H groups in total. The van der Waals surface area contributed by atoms with E-state index in [1.165, 1.54) is 36.6 Å². The topological polar surface area (TPSA) is 17.8 Å². The summed E-state index contributed by atoms with van der Waals surface area (Å²) in [5.41, 5.74) is 1.25. The van der Waals surface area contributed by atoms with E-state index in [9.17, 15) is 0 Å². The van der Waals surface area contributed by atoms with E-state index in [0.29, 0.717) is 0 Å². The second kappa shape index (κ2) is 4.21. The van der Waals surface area contributed by atoms with Crippen LogP contribution in [0.25, 0.3) is 10.9 Å². The van der Waals surface area contributed by atoms with Gasteiger partial charge in [-0.05, 0) is 30.5 Å². The van der Waals surface area contributed by atoms with Crippen molar-refractivity contribution in [2.45, 2.75) is 32.2 Å². The standard InChI is InChI=1S/C13H15BrN2/c14-12-4-5-13-11(8-12)9-15-16(13)7-6-10-2-1-3-10/h4-5,8-10H,1-3,6-7H2. The first kappa shape index (κ1) is 10.3. The second-order valence-electron chi connectivity index (χ2n) is 4.66. The lowest BCUT2D eigenvalue weighted by atomic mass is 9.83. The molecule has 1 saturated carbocycles. The molecule has 0 amide bonds. The average molecular weight is 279 g/mol. The summed E-state index contributed by atoms with van der Waals surface area (Å²) >= 11 is 3.49. The van der Waals surface area contributed by atoms with Crippen LogP contribution in [0.15, 0.2) is 28.9 Å². The molecule has 1 aliphatic carbocycles. The van der Waals surface area contributed by atoms with Crippen LogP contribution in [0, 0.1) is 5.92 Å². The van der Waals surface area contributed by atoms with E-state index in [0.717, 1.165) is 16.9 Å². The zero-order valence-corrected chi connectivity index (χ0v) is 10.8. The molecule has 0 bridgehead atoms. The minimum Gasteiger partial charge on any atom is -0.265 e. The molecule has 0 radical (unpaired) electrons. The van der Waals surface area contributed by atoms with Gasteiger partial charge in [0.05, 0.1) is 11.7 Å². The largest absolute Gasteiger partial charge is 0.265 e. The lowest BCUT2D eigenvalue weighted by Crippen LogP contribution is -2.14. The van der Waals surface area contributed by atoms with Gasteiger partial charge in [-0.15, -0.1) is 0 Å². The Bertz CT molecular complexity index is 500. The molecule has 3 heteroatoms. The van der Waals surface area contributed by atoms with Gasteiger partial charge in [-0.2, -0.15) is 5.10 Å². The molecule has 2 aromatic rings. The third-order valence-electron chi connectivity index (χ3n) is 3.58. The fourth-order valence-corrected chi connectivity index (χ4v) is 2.70. The summed E-state index contributed by atoms with van der Waals surface area (Å²) in [4.78, 5) is 0. The van der Waals surface area contributed by atoms with Gasteiger partial charge in [-0.1, -0.05) is 35.2 Å². The highest BCUT2D eigenvalue weighted by molar-refractivity contribution is 9.10. The first-order chi connectivity index (χ1) is 7.83. The van der Waals surface area contributed by atoms with Crippen molar-refractivity contribution in [3.8, 4) is 0 Å². The van der Waals surface area contributed by atoms with Crippen LogP contribution in [0.4, 0.5) is 0 Å². The number of fused-ring (bicyclic) bond motifs is 1. The Kier molecular flexibility index (Phi) is 2.72. The maximum Gasteiger partial charge on any atom is 0.0683 e. The van der Waals surface area contributed by atoms with Gasteiger partial charge in [-0.3, -0.25) is 4.68 Å². The lowest BCUT2D eigenvalue weighted by molar-refractivity contribution is 0.279. The molecule has 1 aromatic heterocycles. The van der Waals surface area contributed by atoms with Crippen molar-refractivity contribution in [1.29, 1.82) is 0 Å². The highest BCUT2D eigenvalue weighted by Crippen LogP contribution is 2.30. The molecular weight excluding hydrogens is 264 g/mol. The lowest BCUT2D eigenvalue weighted by Gasteiger charge is -2.25. The fraction of sp³-hybridized carbons (Fsp3) is 0.462. The van der Waals surface area contributed by atoms with Crippen molar-refractivity contribution >= 4 is 26.8 Å². The molecule has 84 valence electrons. The number of hydrogen-bond donors (Lipinski definition) is 0. The summed E-state index contributed by atoms with van der Waals surface area (Å²) in [5, 5.41) is 5.69. The van der Waals surface area contributed by atoms with Crippen molar-refractivity contribution < 1.29 is 0 Å². The van der Waals surface area contributed by atoms with Crippen LogP contribution in [0.5, 0.6) is 0 Å². The number of benzene rings is 1. The van der Waals surface area contributed by atoms with Crippen molar-refractivity contribution in [2.24, 2.45) is 5.92 Å². The number of rotatable bonds is 3. The first-order valence-corrected chi connectivity index (χ1v) is 6.73. The third-order valence-corrected chi connectivity index (χ3v) is 4.07. The SMILES string of the molecule is Brc1ccc2c(cnn2CCC2CCC2)c1. The summed E-state index contributed by atoms with van der Waals surface area (Å²) < 4.78 is 3.26. The van der Waals surface area contributed by atoms with Gasteiger partial charge in [0.25, 0.3) is 0 Å². The van der Waals surface area contributed by atoms with Gasteiger partial charge in [0.1, 0.15) is 0 Å². The van der Waals surface area contributed by atoms with Gasteiger partial charge >= 0.3 is 0 Å². The van der Waals surface area contributed by atoms with E-state index in [2.05, 4.69) is 43.9 Å². The van der Waals surface area contributed by atoms with Crippen molar-refractivity contribution in [1.82, 2.24) is 9.78 Å². The van der Waals surface area contributed by atoms with Gasteiger partial charge in [0.2, 0.25) is 0 Å². The number of aromatic nitrogens is 2. The first-order valence-electron chi connectivity index (χ1n) is 5.94. The highest BCUT2D eigenvalue weighted by atomic mass is 79.9. The monoisotopic (exact) mass is 278 g/mol. The summed E-state index contributed by atoms with van der Waals surface area (Å²) in [5.74, 6) is 0.953. The molecule has 0 atom stereocenters. The Morgan fingerprint density at radius 1 is 1.38 bits per heavy atom. The molecule has 1 heterocycles. The predicted molar refractivity (Wildman–Crippen MR) is 69.4 cm³/mol. The van der Waals surface area contributed by atoms with Crippen LogP contribution in [0.1, 0.15) is 25.7 Å². The number of hydrogen-bond acceptors (Lipinski definition) is 1. The van der Waals surface area contributed by atoms with Crippen molar-refractivity contribution in [3.63, 3.8) is 0 Å². The van der Waals surface area contributed by atoms with Crippen molar-refractivity contribution in [3.05, 3.63) is 28.9 Å². The number of aryl methyl sites for hydroxylation is 1. The third kappa shape index (κ3) is 1.88. The summed E-state index contributed by atoms with van der Waals surface area (Å²) in [6.07, 6.45) is 7.51. The van der Waals surface area contributed by atoms with Crippen LogP contribution < -0.4 is 0 Å². The Morgan fingerprint density at radius 3 is 3.00 bits per heavy atom. The quantitative estimate of drug-likeness (QED) is 0.830. The molecule has 1 aliphatic rings. The molecule has 1 aromatic carbocycles. The highest BCUT2D eigenvalue weighted by Gasteiger charge is 2.17. The number of halogens is 1. The maximum atomic E-state index is 4.46. The van der Waals surface area contributed by atoms with Crippen LogP contribution in [0.3, 0.4) is 0 Å². The zero-order chi connectivity index (χ0) is 11.0. The molecule has 0 unspecified atom stereocenters. The number of nitrogens with zero attached hydrogens (tertiary/aromatic N) is 2. The van der Waals surface area contributed by atoms with Gasteiger partial charge < -0.3 is 0 Å². The van der Waals surface area contributed by atoms with Gasteiger partial charge in [0, 0.05) is 16.4 Å². The van der Waals surface area contributed by atoms with E-state index < -0.39 is 0 Å². The summed E-state index contributed by atoms with van der Waals surface area (Å²) in [7, 11) is 0. The van der Waals surface area contributed by atoms with E-state index >= 15 is 0 Å². The van der Waals surface area contributed by atoms with Gasteiger partial charge in [-0.25, -0.2) is 0 Å². The zero-order valence-electron chi connectivity index (χ0n) is 9.19. The second-order valence-corrected chi connectivity index (χ2v) is 5.57. The minimum absolute atomic E-state index is 0.953. The molecule has 0 aliphatic heterocycles. The summed E-state index contributed by atoms with van der Waals surface area (Å²) in [6, 6.07) is 6.36. The Labute approximate surface area is 104 Å². The van der Waals surface area contributed by atoms with E-state index in [1.807, 2.05) is 6.20 Å². The molecule has 1 fully saturated rings.